The van der Waals surface area contributed by atoms with Gasteiger partial charge in [0.1, 0.15) is 0 Å². The molecule has 2 N–H and O–H groups in total. The summed E-state index contributed by atoms with van der Waals surface area (Å²) >= 11 is 0. The van der Waals surface area contributed by atoms with E-state index in [1.54, 1.807) is 6.92 Å². The topological polar surface area (TPSA) is 118 Å². The number of anilines is 1. The van der Waals surface area contributed by atoms with Crippen LogP contribution in [0.5, 0.6) is 0 Å². The predicted octanol–water partition coefficient (Wildman–Crippen LogP) is 1.12. The molecule has 0 saturated heterocycles. The quantitative estimate of drug-likeness (QED) is 0.802. The number of aryl methyl sites for hydroxylation is 1. The second kappa shape index (κ2) is 5.74. The largest absolute Gasteiger partial charge is 0.478 e. The monoisotopic (exact) mass is 274 g/mol. The number of hydrogen-bond acceptors (Lipinski definition) is 6. The minimum atomic E-state index is -1.12. The van der Waals surface area contributed by atoms with Gasteiger partial charge in [0.15, 0.2) is 0 Å². The third-order valence-electron chi connectivity index (χ3n) is 2.25. The predicted molar refractivity (Wildman–Crippen MR) is 67.9 cm³/mol. The molecule has 0 aliphatic rings. The van der Waals surface area contributed by atoms with E-state index >= 15 is 0 Å². The van der Waals surface area contributed by atoms with Gasteiger partial charge in [0.25, 0.3) is 5.91 Å². The number of amides is 1. The first-order chi connectivity index (χ1) is 9.56. The summed E-state index contributed by atoms with van der Waals surface area (Å²) in [4.78, 5) is 26.4. The maximum Gasteiger partial charge on any atom is 0.328 e. The van der Waals surface area contributed by atoms with E-state index in [0.29, 0.717) is 11.5 Å². The molecule has 20 heavy (non-hydrogen) atoms. The number of nitrogens with zero attached hydrogens (tertiary/aromatic N) is 3. The van der Waals surface area contributed by atoms with Crippen LogP contribution in [-0.4, -0.2) is 32.2 Å². The summed E-state index contributed by atoms with van der Waals surface area (Å²) in [7, 11) is 0. The number of carbonyl (C=O) groups excluding carboxylic acids is 1. The third kappa shape index (κ3) is 3.25. The average molecular weight is 274 g/mol. The van der Waals surface area contributed by atoms with Crippen LogP contribution >= 0.6 is 0 Å². The van der Waals surface area contributed by atoms with Gasteiger partial charge in [0, 0.05) is 31.0 Å². The minimum Gasteiger partial charge on any atom is -0.478 e. The van der Waals surface area contributed by atoms with E-state index in [4.69, 9.17) is 9.52 Å². The molecule has 2 rings (SSSR count). The molecule has 0 aromatic carbocycles. The Balaban J connectivity index is 2.23. The summed E-state index contributed by atoms with van der Waals surface area (Å²) in [5, 5.41) is 18.2. The first-order valence-corrected chi connectivity index (χ1v) is 5.53. The highest BCUT2D eigenvalue weighted by Gasteiger charge is 2.13. The third-order valence-corrected chi connectivity index (χ3v) is 2.25. The Morgan fingerprint density at radius 3 is 2.85 bits per heavy atom. The minimum absolute atomic E-state index is 0.0301. The van der Waals surface area contributed by atoms with Crippen molar-refractivity contribution in [3.63, 3.8) is 0 Å². The smallest absolute Gasteiger partial charge is 0.328 e. The molecule has 0 bridgehead atoms. The number of pyridine rings is 1. The Morgan fingerprint density at radius 1 is 1.40 bits per heavy atom. The van der Waals surface area contributed by atoms with Gasteiger partial charge in [-0.15, -0.1) is 5.10 Å². The second-order valence-corrected chi connectivity index (χ2v) is 3.71. The van der Waals surface area contributed by atoms with E-state index in [9.17, 15) is 9.59 Å². The van der Waals surface area contributed by atoms with E-state index in [0.717, 1.165) is 6.08 Å². The highest BCUT2D eigenvalue weighted by atomic mass is 16.4. The van der Waals surface area contributed by atoms with Crippen molar-refractivity contribution in [1.29, 1.82) is 0 Å². The average Bonchev–Trinajstić information content (AvgIpc) is 2.82. The van der Waals surface area contributed by atoms with E-state index < -0.39 is 11.9 Å². The molecular weight excluding hydrogens is 264 g/mol. The summed E-state index contributed by atoms with van der Waals surface area (Å²) in [6, 6.07) is 1.43. The normalized spacial score (nSPS) is 10.7. The fourth-order valence-electron chi connectivity index (χ4n) is 1.42. The van der Waals surface area contributed by atoms with Gasteiger partial charge in [-0.2, -0.15) is 0 Å². The summed E-state index contributed by atoms with van der Waals surface area (Å²) in [5.74, 6) is -1.30. The molecule has 0 saturated carbocycles. The first-order valence-electron chi connectivity index (χ1n) is 5.53. The van der Waals surface area contributed by atoms with Crippen molar-refractivity contribution in [3.05, 3.63) is 41.6 Å². The zero-order chi connectivity index (χ0) is 14.5. The van der Waals surface area contributed by atoms with E-state index in [1.807, 2.05) is 0 Å². The van der Waals surface area contributed by atoms with Crippen molar-refractivity contribution in [2.24, 2.45) is 0 Å². The Kier molecular flexibility index (Phi) is 3.85. The first kappa shape index (κ1) is 13.4. The van der Waals surface area contributed by atoms with Crippen molar-refractivity contribution in [1.82, 2.24) is 15.2 Å². The molecule has 102 valence electrons. The van der Waals surface area contributed by atoms with Crippen LogP contribution in [0.2, 0.25) is 0 Å². The van der Waals surface area contributed by atoms with Crippen molar-refractivity contribution >= 4 is 24.0 Å². The van der Waals surface area contributed by atoms with Crippen molar-refractivity contribution in [3.8, 4) is 0 Å². The molecule has 0 radical (unpaired) electrons. The van der Waals surface area contributed by atoms with Gasteiger partial charge in [-0.05, 0) is 12.1 Å². The van der Waals surface area contributed by atoms with Crippen LogP contribution in [0.1, 0.15) is 21.8 Å². The van der Waals surface area contributed by atoms with Crippen LogP contribution in [0, 0.1) is 6.92 Å². The van der Waals surface area contributed by atoms with Gasteiger partial charge in [-0.25, -0.2) is 4.79 Å². The molecule has 0 unspecified atom stereocenters. The van der Waals surface area contributed by atoms with E-state index in [-0.39, 0.29) is 11.6 Å². The molecule has 0 aliphatic carbocycles. The molecule has 1 amide bonds. The maximum atomic E-state index is 12.0. The fourth-order valence-corrected chi connectivity index (χ4v) is 1.42. The lowest BCUT2D eigenvalue weighted by Crippen LogP contribution is -2.13. The zero-order valence-corrected chi connectivity index (χ0v) is 10.4. The summed E-state index contributed by atoms with van der Waals surface area (Å²) < 4.78 is 5.03. The molecule has 0 fully saturated rings. The number of carboxylic acid groups (broad SMARTS) is 1. The molecule has 2 aromatic heterocycles. The van der Waals surface area contributed by atoms with Gasteiger partial charge in [-0.3, -0.25) is 15.1 Å². The Labute approximate surface area is 113 Å². The van der Waals surface area contributed by atoms with E-state index in [1.165, 1.54) is 24.5 Å². The number of rotatable bonds is 4. The Hall–Kier alpha value is -3.03. The molecule has 0 atom stereocenters. The number of carbonyl (C=O) groups is 2. The lowest BCUT2D eigenvalue weighted by atomic mass is 10.1. The number of aliphatic carboxylic acids is 1. The van der Waals surface area contributed by atoms with Gasteiger partial charge in [0.2, 0.25) is 5.89 Å². The van der Waals surface area contributed by atoms with Crippen LogP contribution in [0.3, 0.4) is 0 Å². The lowest BCUT2D eigenvalue weighted by Gasteiger charge is -2.03. The van der Waals surface area contributed by atoms with Crippen LogP contribution in [-0.2, 0) is 4.79 Å². The van der Waals surface area contributed by atoms with Crippen LogP contribution in [0.4, 0.5) is 6.01 Å². The number of carboxylic acids is 1. The van der Waals surface area contributed by atoms with Gasteiger partial charge < -0.3 is 9.52 Å². The molecule has 8 heteroatoms. The molecular formula is C12H10N4O4. The highest BCUT2D eigenvalue weighted by Crippen LogP contribution is 2.12. The Morgan fingerprint density at radius 2 is 2.20 bits per heavy atom. The molecule has 0 spiro atoms. The number of hydrogen-bond donors (Lipinski definition) is 2. The summed E-state index contributed by atoms with van der Waals surface area (Å²) in [6.45, 7) is 1.59. The SMILES string of the molecule is Cc1nnc(NC(=O)c2ccncc2/C=C/C(=O)O)o1. The molecule has 2 heterocycles. The molecule has 8 nitrogen and oxygen atoms in total. The maximum absolute atomic E-state index is 12.0. The highest BCUT2D eigenvalue weighted by molar-refractivity contribution is 6.05. The van der Waals surface area contributed by atoms with Crippen molar-refractivity contribution < 1.29 is 19.1 Å². The lowest BCUT2D eigenvalue weighted by molar-refractivity contribution is -0.131. The molecule has 0 aliphatic heterocycles. The van der Waals surface area contributed by atoms with E-state index in [2.05, 4.69) is 20.5 Å². The van der Waals surface area contributed by atoms with Crippen LogP contribution in [0.25, 0.3) is 6.08 Å². The molecule has 2 aromatic rings. The summed E-state index contributed by atoms with van der Waals surface area (Å²) in [6.07, 6.45) is 5.01. The van der Waals surface area contributed by atoms with Crippen LogP contribution < -0.4 is 5.32 Å². The summed E-state index contributed by atoms with van der Waals surface area (Å²) in [5.41, 5.74) is 0.608. The van der Waals surface area contributed by atoms with Gasteiger partial charge in [-0.1, -0.05) is 5.10 Å². The number of nitrogens with one attached hydrogen (secondary N) is 1. The number of aromatic nitrogens is 3. The standard InChI is InChI=1S/C12H10N4O4/c1-7-15-16-12(20-7)14-11(19)9-4-5-13-6-8(9)2-3-10(17)18/h2-6H,1H3,(H,17,18)(H,14,16,19)/b3-2+. The van der Waals surface area contributed by atoms with Crippen LogP contribution in [0.15, 0.2) is 29.0 Å². The van der Waals surface area contributed by atoms with Crippen molar-refractivity contribution in [2.45, 2.75) is 6.92 Å². The zero-order valence-electron chi connectivity index (χ0n) is 10.4. The second-order valence-electron chi connectivity index (χ2n) is 3.71. The fraction of sp³-hybridized carbons (Fsp3) is 0.0833. The Bertz CT molecular complexity index is 678. The van der Waals surface area contributed by atoms with Crippen molar-refractivity contribution in [2.75, 3.05) is 5.32 Å². The van der Waals surface area contributed by atoms with Gasteiger partial charge >= 0.3 is 12.0 Å². The van der Waals surface area contributed by atoms with Gasteiger partial charge in [0.05, 0.1) is 5.56 Å².